The maximum Gasteiger partial charge on any atom is 0.339 e. The van der Waals surface area contributed by atoms with Crippen molar-refractivity contribution in [3.63, 3.8) is 0 Å². The second-order valence-electron chi connectivity index (χ2n) is 4.00. The molecule has 84 valence electrons. The Kier molecular flexibility index (Phi) is 3.56. The van der Waals surface area contributed by atoms with Crippen LogP contribution < -0.4 is 0 Å². The summed E-state index contributed by atoms with van der Waals surface area (Å²) in [7, 11) is 1.98. The predicted molar refractivity (Wildman–Crippen MR) is 60.2 cm³/mol. The van der Waals surface area contributed by atoms with E-state index in [4.69, 9.17) is 4.74 Å². The van der Waals surface area contributed by atoms with Gasteiger partial charge in [-0.1, -0.05) is 13.8 Å². The summed E-state index contributed by atoms with van der Waals surface area (Å²) in [5.74, 6) is 0.189. The number of rotatable bonds is 3. The lowest BCUT2D eigenvalue weighted by atomic mass is 10.1. The highest BCUT2D eigenvalue weighted by molar-refractivity contribution is 5.91. The average molecular weight is 209 g/mol. The van der Waals surface area contributed by atoms with Gasteiger partial charge in [-0.2, -0.15) is 0 Å². The second-order valence-corrected chi connectivity index (χ2v) is 4.00. The molecule has 0 aromatic carbocycles. The number of nitrogens with zero attached hydrogens (tertiary/aromatic N) is 1. The molecule has 1 rings (SSSR count). The smallest absolute Gasteiger partial charge is 0.339 e. The van der Waals surface area contributed by atoms with Gasteiger partial charge >= 0.3 is 5.97 Å². The molecule has 0 aliphatic heterocycles. The van der Waals surface area contributed by atoms with Crippen LogP contribution in [-0.4, -0.2) is 17.1 Å². The van der Waals surface area contributed by atoms with E-state index in [1.807, 2.05) is 27.0 Å². The van der Waals surface area contributed by atoms with Crippen LogP contribution in [-0.2, 0) is 11.8 Å². The van der Waals surface area contributed by atoms with Crippen molar-refractivity contribution in [2.24, 2.45) is 7.05 Å². The van der Waals surface area contributed by atoms with Gasteiger partial charge in [0.2, 0.25) is 0 Å². The van der Waals surface area contributed by atoms with Crippen molar-refractivity contribution in [1.29, 1.82) is 0 Å². The molecule has 0 N–H and O–H groups in total. The van der Waals surface area contributed by atoms with Crippen molar-refractivity contribution in [2.75, 3.05) is 6.61 Å². The summed E-state index contributed by atoms with van der Waals surface area (Å²) in [6.45, 7) is 8.41. The number of carbonyl (C=O) groups excluding carboxylic acids is 1. The molecule has 0 aliphatic carbocycles. The molecule has 0 fully saturated rings. The minimum atomic E-state index is -0.225. The fourth-order valence-electron chi connectivity index (χ4n) is 1.69. The van der Waals surface area contributed by atoms with E-state index in [1.54, 1.807) is 0 Å². The fraction of sp³-hybridized carbons (Fsp3) is 0.583. The first kappa shape index (κ1) is 11.8. The largest absolute Gasteiger partial charge is 0.462 e. The standard InChI is InChI=1S/C12H19NO2/c1-6-15-12(14)10-7-11(8(2)3)13(5)9(10)4/h7-8H,6H2,1-5H3. The lowest BCUT2D eigenvalue weighted by Gasteiger charge is -2.07. The third-order valence-electron chi connectivity index (χ3n) is 2.66. The van der Waals surface area contributed by atoms with E-state index >= 15 is 0 Å². The summed E-state index contributed by atoms with van der Waals surface area (Å²) in [6, 6.07) is 1.93. The number of esters is 1. The summed E-state index contributed by atoms with van der Waals surface area (Å²) < 4.78 is 7.06. The van der Waals surface area contributed by atoms with Gasteiger partial charge in [0.1, 0.15) is 0 Å². The van der Waals surface area contributed by atoms with E-state index in [0.29, 0.717) is 18.1 Å². The summed E-state index contributed by atoms with van der Waals surface area (Å²) in [5, 5.41) is 0. The first-order valence-electron chi connectivity index (χ1n) is 5.32. The van der Waals surface area contributed by atoms with Gasteiger partial charge in [-0.25, -0.2) is 4.79 Å². The van der Waals surface area contributed by atoms with Crippen molar-refractivity contribution >= 4 is 5.97 Å². The van der Waals surface area contributed by atoms with Gasteiger partial charge in [0.25, 0.3) is 0 Å². The highest BCUT2D eigenvalue weighted by Gasteiger charge is 2.17. The molecular formula is C12H19NO2. The molecule has 0 saturated heterocycles. The van der Waals surface area contributed by atoms with Gasteiger partial charge in [0.05, 0.1) is 12.2 Å². The molecule has 0 amide bonds. The van der Waals surface area contributed by atoms with Crippen molar-refractivity contribution in [3.8, 4) is 0 Å². The molecule has 15 heavy (non-hydrogen) atoms. The van der Waals surface area contributed by atoms with Crippen molar-refractivity contribution in [3.05, 3.63) is 23.0 Å². The number of carbonyl (C=O) groups is 1. The predicted octanol–water partition coefficient (Wildman–Crippen LogP) is 2.63. The Hall–Kier alpha value is -1.25. The van der Waals surface area contributed by atoms with Crippen LogP contribution in [0, 0.1) is 6.92 Å². The molecule has 1 aromatic rings. The van der Waals surface area contributed by atoms with Crippen LogP contribution in [0.5, 0.6) is 0 Å². The number of hydrogen-bond acceptors (Lipinski definition) is 2. The number of ether oxygens (including phenoxy) is 1. The molecule has 0 unspecified atom stereocenters. The molecule has 1 heterocycles. The van der Waals surface area contributed by atoms with Crippen LogP contribution in [0.4, 0.5) is 0 Å². The first-order chi connectivity index (χ1) is 6.99. The van der Waals surface area contributed by atoms with Gasteiger partial charge in [-0.05, 0) is 25.8 Å². The van der Waals surface area contributed by atoms with Gasteiger partial charge in [-0.3, -0.25) is 0 Å². The molecule has 3 heteroatoms. The van der Waals surface area contributed by atoms with E-state index in [9.17, 15) is 4.79 Å². The van der Waals surface area contributed by atoms with E-state index in [2.05, 4.69) is 18.4 Å². The Morgan fingerprint density at radius 3 is 2.53 bits per heavy atom. The normalized spacial score (nSPS) is 10.8. The maximum atomic E-state index is 11.6. The van der Waals surface area contributed by atoms with Crippen LogP contribution in [0.2, 0.25) is 0 Å². The zero-order valence-electron chi connectivity index (χ0n) is 10.1. The fourth-order valence-corrected chi connectivity index (χ4v) is 1.69. The molecule has 0 atom stereocenters. The SMILES string of the molecule is CCOC(=O)c1cc(C(C)C)n(C)c1C. The van der Waals surface area contributed by atoms with Crippen LogP contribution in [0.1, 0.15) is 48.4 Å². The van der Waals surface area contributed by atoms with E-state index in [1.165, 1.54) is 0 Å². The Morgan fingerprint density at radius 2 is 2.13 bits per heavy atom. The highest BCUT2D eigenvalue weighted by Crippen LogP contribution is 2.21. The molecule has 0 aliphatic rings. The van der Waals surface area contributed by atoms with Crippen molar-refractivity contribution in [2.45, 2.75) is 33.6 Å². The van der Waals surface area contributed by atoms with E-state index < -0.39 is 0 Å². The summed E-state index contributed by atoms with van der Waals surface area (Å²) in [6.07, 6.45) is 0. The van der Waals surface area contributed by atoms with E-state index in [0.717, 1.165) is 11.4 Å². The van der Waals surface area contributed by atoms with Gasteiger partial charge < -0.3 is 9.30 Å². The molecule has 0 spiro atoms. The summed E-state index contributed by atoms with van der Waals surface area (Å²) >= 11 is 0. The first-order valence-corrected chi connectivity index (χ1v) is 5.32. The number of hydrogen-bond donors (Lipinski definition) is 0. The van der Waals surface area contributed by atoms with Crippen molar-refractivity contribution in [1.82, 2.24) is 4.57 Å². The quantitative estimate of drug-likeness (QED) is 0.716. The monoisotopic (exact) mass is 209 g/mol. The van der Waals surface area contributed by atoms with Gasteiger partial charge in [-0.15, -0.1) is 0 Å². The van der Waals surface area contributed by atoms with Crippen LogP contribution in [0.25, 0.3) is 0 Å². The topological polar surface area (TPSA) is 31.2 Å². The van der Waals surface area contributed by atoms with Gasteiger partial charge in [0.15, 0.2) is 0 Å². The summed E-state index contributed by atoms with van der Waals surface area (Å²) in [4.78, 5) is 11.6. The molecule has 0 saturated carbocycles. The molecule has 0 bridgehead atoms. The molecule has 0 radical (unpaired) electrons. The van der Waals surface area contributed by atoms with Crippen molar-refractivity contribution < 1.29 is 9.53 Å². The minimum Gasteiger partial charge on any atom is -0.462 e. The van der Waals surface area contributed by atoms with Crippen LogP contribution >= 0.6 is 0 Å². The number of aromatic nitrogens is 1. The second kappa shape index (κ2) is 4.51. The zero-order valence-corrected chi connectivity index (χ0v) is 10.1. The molecular weight excluding hydrogens is 190 g/mol. The van der Waals surface area contributed by atoms with E-state index in [-0.39, 0.29) is 5.97 Å². The highest BCUT2D eigenvalue weighted by atomic mass is 16.5. The minimum absolute atomic E-state index is 0.225. The lowest BCUT2D eigenvalue weighted by molar-refractivity contribution is 0.0525. The Balaban J connectivity index is 3.10. The summed E-state index contributed by atoms with van der Waals surface area (Å²) in [5.41, 5.74) is 2.82. The third kappa shape index (κ3) is 2.22. The van der Waals surface area contributed by atoms with Gasteiger partial charge in [0, 0.05) is 18.4 Å². The average Bonchev–Trinajstić information content (AvgIpc) is 2.45. The van der Waals surface area contributed by atoms with Crippen LogP contribution in [0.3, 0.4) is 0 Å². The van der Waals surface area contributed by atoms with Crippen LogP contribution in [0.15, 0.2) is 6.07 Å². The zero-order chi connectivity index (χ0) is 11.6. The molecule has 3 nitrogen and oxygen atoms in total. The maximum absolute atomic E-state index is 11.6. The Bertz CT molecular complexity index is 364. The molecule has 1 aromatic heterocycles. The Labute approximate surface area is 91.0 Å². The Morgan fingerprint density at radius 1 is 1.53 bits per heavy atom. The third-order valence-corrected chi connectivity index (χ3v) is 2.66. The lowest BCUT2D eigenvalue weighted by Crippen LogP contribution is -2.06.